The molecule has 0 bridgehead atoms. The summed E-state index contributed by atoms with van der Waals surface area (Å²) in [5.74, 6) is -0.0384. The zero-order valence-corrected chi connectivity index (χ0v) is 9.80. The molecule has 0 aliphatic rings. The molecule has 3 nitrogen and oxygen atoms in total. The number of hydrogen-bond donors (Lipinski definition) is 2. The van der Waals surface area contributed by atoms with Crippen LogP contribution >= 0.6 is 12.4 Å². The largest absolute Gasteiger partial charge is 0.350 e. The average Bonchev–Trinajstić information content (AvgIpc) is 2.17. The van der Waals surface area contributed by atoms with Crippen molar-refractivity contribution in [2.45, 2.75) is 26.4 Å². The fourth-order valence-electron chi connectivity index (χ4n) is 1.14. The summed E-state index contributed by atoms with van der Waals surface area (Å²) in [5.41, 5.74) is 7.17. The monoisotopic (exact) mass is 228 g/mol. The number of benzene rings is 1. The smallest absolute Gasteiger partial charge is 0.251 e. The van der Waals surface area contributed by atoms with Gasteiger partial charge < -0.3 is 11.1 Å². The van der Waals surface area contributed by atoms with Gasteiger partial charge in [0.1, 0.15) is 0 Å². The maximum absolute atomic E-state index is 11.5. The highest BCUT2D eigenvalue weighted by molar-refractivity contribution is 5.94. The van der Waals surface area contributed by atoms with Gasteiger partial charge in [0, 0.05) is 18.2 Å². The van der Waals surface area contributed by atoms with Crippen molar-refractivity contribution in [1.29, 1.82) is 0 Å². The summed E-state index contributed by atoms with van der Waals surface area (Å²) in [6.45, 7) is 4.38. The summed E-state index contributed by atoms with van der Waals surface area (Å²) < 4.78 is 0. The van der Waals surface area contributed by atoms with Crippen molar-refractivity contribution in [2.75, 3.05) is 0 Å². The Morgan fingerprint density at radius 2 is 1.87 bits per heavy atom. The molecule has 0 saturated heterocycles. The highest BCUT2D eigenvalue weighted by atomic mass is 35.5. The van der Waals surface area contributed by atoms with Crippen LogP contribution in [0, 0.1) is 0 Å². The molecule has 15 heavy (non-hydrogen) atoms. The first-order chi connectivity index (χ1) is 6.63. The Morgan fingerprint density at radius 1 is 1.33 bits per heavy atom. The number of halogens is 1. The van der Waals surface area contributed by atoms with Crippen molar-refractivity contribution in [3.8, 4) is 0 Å². The Kier molecular flexibility index (Phi) is 5.97. The van der Waals surface area contributed by atoms with Gasteiger partial charge in [-0.05, 0) is 31.5 Å². The lowest BCUT2D eigenvalue weighted by molar-refractivity contribution is 0.0943. The van der Waals surface area contributed by atoms with Crippen LogP contribution < -0.4 is 11.1 Å². The van der Waals surface area contributed by atoms with Gasteiger partial charge in [-0.15, -0.1) is 12.4 Å². The van der Waals surface area contributed by atoms with Crippen molar-refractivity contribution in [3.63, 3.8) is 0 Å². The van der Waals surface area contributed by atoms with E-state index in [9.17, 15) is 4.79 Å². The molecule has 0 aliphatic carbocycles. The lowest BCUT2D eigenvalue weighted by Gasteiger charge is -2.08. The van der Waals surface area contributed by atoms with Gasteiger partial charge in [0.15, 0.2) is 0 Å². The van der Waals surface area contributed by atoms with Gasteiger partial charge in [0.25, 0.3) is 5.91 Å². The van der Waals surface area contributed by atoms with E-state index in [-0.39, 0.29) is 24.4 Å². The molecule has 3 N–H and O–H groups in total. The normalized spacial score (nSPS) is 9.60. The van der Waals surface area contributed by atoms with Crippen LogP contribution in [0.25, 0.3) is 0 Å². The molecule has 1 rings (SSSR count). The van der Waals surface area contributed by atoms with Crippen LogP contribution in [0.4, 0.5) is 0 Å². The van der Waals surface area contributed by atoms with Gasteiger partial charge in [-0.2, -0.15) is 0 Å². The number of hydrogen-bond acceptors (Lipinski definition) is 2. The van der Waals surface area contributed by atoms with E-state index < -0.39 is 0 Å². The van der Waals surface area contributed by atoms with E-state index in [2.05, 4.69) is 5.32 Å². The van der Waals surface area contributed by atoms with Crippen molar-refractivity contribution in [3.05, 3.63) is 35.4 Å². The quantitative estimate of drug-likeness (QED) is 0.828. The van der Waals surface area contributed by atoms with Crippen LogP contribution in [0.15, 0.2) is 24.3 Å². The first-order valence-corrected chi connectivity index (χ1v) is 4.73. The second-order valence-corrected chi connectivity index (χ2v) is 3.53. The molecular weight excluding hydrogens is 212 g/mol. The summed E-state index contributed by atoms with van der Waals surface area (Å²) in [7, 11) is 0. The molecule has 0 saturated carbocycles. The number of amides is 1. The van der Waals surface area contributed by atoms with Crippen LogP contribution in [-0.4, -0.2) is 11.9 Å². The zero-order chi connectivity index (χ0) is 10.6. The first-order valence-electron chi connectivity index (χ1n) is 4.73. The van der Waals surface area contributed by atoms with Gasteiger partial charge in [-0.3, -0.25) is 4.79 Å². The van der Waals surface area contributed by atoms with Crippen LogP contribution in [0.5, 0.6) is 0 Å². The predicted octanol–water partition coefficient (Wildman–Crippen LogP) is 1.71. The third-order valence-electron chi connectivity index (χ3n) is 1.87. The fourth-order valence-corrected chi connectivity index (χ4v) is 1.14. The standard InChI is InChI=1S/C11H16N2O.ClH/c1-8(2)13-11(14)10-5-3-9(7-12)4-6-10;/h3-6,8H,7,12H2,1-2H3,(H,13,14);1H. The Labute approximate surface area is 96.5 Å². The molecular formula is C11H17ClN2O. The van der Waals surface area contributed by atoms with Gasteiger partial charge >= 0.3 is 0 Å². The molecule has 1 aromatic rings. The molecule has 84 valence electrons. The second kappa shape index (κ2) is 6.43. The summed E-state index contributed by atoms with van der Waals surface area (Å²) in [6, 6.07) is 7.49. The third-order valence-corrected chi connectivity index (χ3v) is 1.87. The Balaban J connectivity index is 0.00000196. The average molecular weight is 229 g/mol. The van der Waals surface area contributed by atoms with E-state index in [1.165, 1.54) is 0 Å². The van der Waals surface area contributed by atoms with Crippen LogP contribution in [-0.2, 0) is 6.54 Å². The second-order valence-electron chi connectivity index (χ2n) is 3.53. The maximum Gasteiger partial charge on any atom is 0.251 e. The number of rotatable bonds is 3. The van der Waals surface area contributed by atoms with E-state index in [1.807, 2.05) is 26.0 Å². The molecule has 1 amide bonds. The molecule has 1 aromatic carbocycles. The maximum atomic E-state index is 11.5. The minimum absolute atomic E-state index is 0. The van der Waals surface area contributed by atoms with Gasteiger partial charge in [-0.1, -0.05) is 12.1 Å². The minimum Gasteiger partial charge on any atom is -0.350 e. The van der Waals surface area contributed by atoms with Crippen molar-refractivity contribution >= 4 is 18.3 Å². The Morgan fingerprint density at radius 3 is 2.27 bits per heavy atom. The van der Waals surface area contributed by atoms with Gasteiger partial charge in [0.2, 0.25) is 0 Å². The van der Waals surface area contributed by atoms with E-state index in [0.29, 0.717) is 12.1 Å². The van der Waals surface area contributed by atoms with Crippen LogP contribution in [0.3, 0.4) is 0 Å². The number of nitrogens with two attached hydrogens (primary N) is 1. The fraction of sp³-hybridized carbons (Fsp3) is 0.364. The lowest BCUT2D eigenvalue weighted by Crippen LogP contribution is -2.30. The Hall–Kier alpha value is -1.06. The number of nitrogens with one attached hydrogen (secondary N) is 1. The highest BCUT2D eigenvalue weighted by Crippen LogP contribution is 2.03. The molecule has 0 fully saturated rings. The molecule has 0 heterocycles. The minimum atomic E-state index is -0.0384. The Bertz CT molecular complexity index is 309. The van der Waals surface area contributed by atoms with Crippen LogP contribution in [0.2, 0.25) is 0 Å². The number of carbonyl (C=O) groups is 1. The zero-order valence-electron chi connectivity index (χ0n) is 8.99. The number of carbonyl (C=O) groups excluding carboxylic acids is 1. The molecule has 0 atom stereocenters. The van der Waals surface area contributed by atoms with Crippen molar-refractivity contribution < 1.29 is 4.79 Å². The summed E-state index contributed by atoms with van der Waals surface area (Å²) in [5, 5.41) is 2.83. The molecule has 0 aliphatic heterocycles. The van der Waals surface area contributed by atoms with Crippen molar-refractivity contribution in [2.24, 2.45) is 5.73 Å². The predicted molar refractivity (Wildman–Crippen MR) is 64.2 cm³/mol. The third kappa shape index (κ3) is 4.32. The molecule has 0 unspecified atom stereocenters. The van der Waals surface area contributed by atoms with Gasteiger partial charge in [0.05, 0.1) is 0 Å². The van der Waals surface area contributed by atoms with Crippen LogP contribution in [0.1, 0.15) is 29.8 Å². The van der Waals surface area contributed by atoms with Gasteiger partial charge in [-0.25, -0.2) is 0 Å². The first kappa shape index (κ1) is 13.9. The van der Waals surface area contributed by atoms with E-state index in [4.69, 9.17) is 5.73 Å². The lowest BCUT2D eigenvalue weighted by atomic mass is 10.1. The summed E-state index contributed by atoms with van der Waals surface area (Å²) in [6.07, 6.45) is 0. The summed E-state index contributed by atoms with van der Waals surface area (Å²) >= 11 is 0. The summed E-state index contributed by atoms with van der Waals surface area (Å²) in [4.78, 5) is 11.5. The molecule has 0 radical (unpaired) electrons. The van der Waals surface area contributed by atoms with E-state index in [0.717, 1.165) is 5.56 Å². The topological polar surface area (TPSA) is 55.1 Å². The molecule has 4 heteroatoms. The molecule has 0 aromatic heterocycles. The van der Waals surface area contributed by atoms with Crippen molar-refractivity contribution in [1.82, 2.24) is 5.32 Å². The van der Waals surface area contributed by atoms with E-state index in [1.54, 1.807) is 12.1 Å². The van der Waals surface area contributed by atoms with E-state index >= 15 is 0 Å². The SMILES string of the molecule is CC(C)NC(=O)c1ccc(CN)cc1.Cl. The highest BCUT2D eigenvalue weighted by Gasteiger charge is 2.05. The molecule has 0 spiro atoms.